The molecule has 0 saturated carbocycles. The number of pyridine rings is 1. The van der Waals surface area contributed by atoms with Gasteiger partial charge in [-0.25, -0.2) is 13.4 Å². The molecule has 0 bridgehead atoms. The van der Waals surface area contributed by atoms with Crippen LogP contribution in [0.15, 0.2) is 96.0 Å². The van der Waals surface area contributed by atoms with E-state index in [1.54, 1.807) is 36.4 Å². The summed E-state index contributed by atoms with van der Waals surface area (Å²) in [5.74, 6) is 0.796. The van der Waals surface area contributed by atoms with Crippen LogP contribution in [0.1, 0.15) is 16.1 Å². The van der Waals surface area contributed by atoms with Crippen molar-refractivity contribution in [2.75, 3.05) is 37.5 Å². The van der Waals surface area contributed by atoms with E-state index < -0.39 is 22.8 Å². The summed E-state index contributed by atoms with van der Waals surface area (Å²) in [6.07, 6.45) is -3.05. The average Bonchev–Trinajstić information content (AvgIpc) is 3.40. The lowest BCUT2D eigenvalue weighted by atomic mass is 10.2. The number of aryl methyl sites for hydroxylation is 1. The lowest BCUT2D eigenvalue weighted by Gasteiger charge is -2.34. The van der Waals surface area contributed by atoms with Crippen LogP contribution in [0.25, 0.3) is 10.9 Å². The summed E-state index contributed by atoms with van der Waals surface area (Å²) < 4.78 is 77.6. The Labute approximate surface area is 285 Å². The third kappa shape index (κ3) is 8.27. The highest BCUT2D eigenvalue weighted by atomic mass is 35.5. The molecule has 0 spiro atoms. The summed E-state index contributed by atoms with van der Waals surface area (Å²) in [6, 6.07) is 23.0. The molecule has 0 atom stereocenters. The Bertz CT molecular complexity index is 2070. The predicted octanol–water partition coefficient (Wildman–Crippen LogP) is 6.72. The number of halogens is 4. The van der Waals surface area contributed by atoms with Crippen molar-refractivity contribution >= 4 is 44.1 Å². The van der Waals surface area contributed by atoms with Crippen molar-refractivity contribution in [1.29, 1.82) is 0 Å². The van der Waals surface area contributed by atoms with Gasteiger partial charge in [-0.05, 0) is 54.1 Å². The number of fused-ring (bicyclic) bond motifs is 1. The number of hydrogen-bond acceptors (Lipinski definition) is 7. The van der Waals surface area contributed by atoms with Gasteiger partial charge in [-0.3, -0.25) is 14.4 Å². The Hall–Kier alpha value is -4.79. The van der Waals surface area contributed by atoms with Crippen LogP contribution >= 0.6 is 11.6 Å². The smallest absolute Gasteiger partial charge is 0.422 e. The fourth-order valence-electron chi connectivity index (χ4n) is 5.46. The zero-order valence-electron chi connectivity index (χ0n) is 26.2. The Morgan fingerprint density at radius 2 is 1.65 bits per heavy atom. The molecular weight excluding hydrogens is 683 g/mol. The third-order valence-corrected chi connectivity index (χ3v) is 9.85. The highest BCUT2D eigenvalue weighted by Crippen LogP contribution is 2.29. The van der Waals surface area contributed by atoms with E-state index in [0.717, 1.165) is 16.5 Å². The van der Waals surface area contributed by atoms with Gasteiger partial charge in [0.25, 0.3) is 15.9 Å². The molecule has 2 aromatic heterocycles. The first-order valence-electron chi connectivity index (χ1n) is 15.2. The lowest BCUT2D eigenvalue weighted by molar-refractivity contribution is -0.153. The van der Waals surface area contributed by atoms with E-state index in [9.17, 15) is 26.4 Å². The van der Waals surface area contributed by atoms with Gasteiger partial charge in [0.2, 0.25) is 5.88 Å². The lowest BCUT2D eigenvalue weighted by Crippen LogP contribution is -2.48. The third-order valence-electron chi connectivity index (χ3n) is 7.96. The molecule has 49 heavy (non-hydrogen) atoms. The second-order valence-electron chi connectivity index (χ2n) is 11.4. The van der Waals surface area contributed by atoms with Crippen LogP contribution in [0.4, 0.5) is 18.9 Å². The largest absolute Gasteiger partial charge is 0.484 e. The highest BCUT2D eigenvalue weighted by molar-refractivity contribution is 7.92. The highest BCUT2D eigenvalue weighted by Gasteiger charge is 2.28. The minimum Gasteiger partial charge on any atom is -0.484 e. The molecule has 3 aromatic carbocycles. The molecule has 15 heteroatoms. The summed E-state index contributed by atoms with van der Waals surface area (Å²) in [6.45, 7) is 1.62. The second-order valence-corrected chi connectivity index (χ2v) is 13.5. The maximum Gasteiger partial charge on any atom is 0.422 e. The van der Waals surface area contributed by atoms with Crippen molar-refractivity contribution in [3.63, 3.8) is 0 Å². The molecule has 10 nitrogen and oxygen atoms in total. The van der Waals surface area contributed by atoms with Crippen LogP contribution in [-0.2, 0) is 23.6 Å². The quantitative estimate of drug-likeness (QED) is 0.171. The van der Waals surface area contributed by atoms with Gasteiger partial charge in [0.05, 0.1) is 22.4 Å². The molecule has 1 saturated heterocycles. The van der Waals surface area contributed by atoms with Gasteiger partial charge in [-0.2, -0.15) is 13.2 Å². The van der Waals surface area contributed by atoms with E-state index in [-0.39, 0.29) is 33.1 Å². The number of hydrogen-bond donors (Lipinski definition) is 1. The van der Waals surface area contributed by atoms with Crippen LogP contribution < -0.4 is 14.2 Å². The number of aromatic nitrogens is 2. The maximum absolute atomic E-state index is 13.5. The van der Waals surface area contributed by atoms with Gasteiger partial charge in [-0.1, -0.05) is 35.9 Å². The van der Waals surface area contributed by atoms with E-state index in [0.29, 0.717) is 44.2 Å². The second kappa shape index (κ2) is 14.0. The van der Waals surface area contributed by atoms with Crippen LogP contribution in [0.2, 0.25) is 5.02 Å². The number of carbonyl (C=O) groups is 1. The number of piperazine rings is 1. The number of rotatable bonds is 10. The van der Waals surface area contributed by atoms with Gasteiger partial charge < -0.3 is 18.9 Å². The maximum atomic E-state index is 13.5. The minimum atomic E-state index is -4.39. The molecule has 1 N–H and O–H groups in total. The van der Waals surface area contributed by atoms with E-state index in [1.807, 2.05) is 28.6 Å². The number of ether oxygens (including phenoxy) is 2. The van der Waals surface area contributed by atoms with Crippen molar-refractivity contribution in [3.8, 4) is 17.4 Å². The van der Waals surface area contributed by atoms with Crippen LogP contribution in [0.3, 0.4) is 0 Å². The molecule has 1 fully saturated rings. The normalized spacial score (nSPS) is 14.2. The van der Waals surface area contributed by atoms with Crippen molar-refractivity contribution in [2.24, 2.45) is 7.05 Å². The van der Waals surface area contributed by atoms with E-state index in [2.05, 4.69) is 14.6 Å². The van der Waals surface area contributed by atoms with E-state index in [4.69, 9.17) is 21.1 Å². The predicted molar refractivity (Wildman–Crippen MR) is 179 cm³/mol. The molecule has 256 valence electrons. The zero-order valence-corrected chi connectivity index (χ0v) is 27.7. The molecular formula is C34H31ClF3N5O5S. The summed E-state index contributed by atoms with van der Waals surface area (Å²) >= 11 is 6.05. The molecule has 0 radical (unpaired) electrons. The van der Waals surface area contributed by atoms with E-state index in [1.165, 1.54) is 42.6 Å². The van der Waals surface area contributed by atoms with Gasteiger partial charge in [0.1, 0.15) is 22.1 Å². The number of amides is 1. The van der Waals surface area contributed by atoms with Gasteiger partial charge in [0.15, 0.2) is 6.61 Å². The Balaban J connectivity index is 1.04. The number of nitrogens with one attached hydrogen (secondary N) is 1. The van der Waals surface area contributed by atoms with Crippen molar-refractivity contribution < 1.29 is 35.9 Å². The first kappa shape index (κ1) is 34.1. The van der Waals surface area contributed by atoms with Gasteiger partial charge in [-0.15, -0.1) is 0 Å². The number of alkyl halides is 3. The van der Waals surface area contributed by atoms with Crippen LogP contribution in [0, 0.1) is 0 Å². The Morgan fingerprint density at radius 3 is 2.33 bits per heavy atom. The molecule has 3 heterocycles. The first-order chi connectivity index (χ1) is 23.3. The van der Waals surface area contributed by atoms with Crippen LogP contribution in [0.5, 0.6) is 17.4 Å². The van der Waals surface area contributed by atoms with Crippen molar-refractivity contribution in [3.05, 3.63) is 107 Å². The van der Waals surface area contributed by atoms with Crippen molar-refractivity contribution in [1.82, 2.24) is 19.4 Å². The number of nitrogens with zero attached hydrogens (tertiary/aromatic N) is 4. The first-order valence-corrected chi connectivity index (χ1v) is 17.0. The fourth-order valence-corrected chi connectivity index (χ4v) is 7.02. The summed E-state index contributed by atoms with van der Waals surface area (Å²) in [5, 5.41) is 0.962. The number of sulfonamides is 1. The Kier molecular flexibility index (Phi) is 9.72. The summed E-state index contributed by atoms with van der Waals surface area (Å²) in [4.78, 5) is 21.7. The molecule has 0 unspecified atom stereocenters. The van der Waals surface area contributed by atoms with Gasteiger partial charge >= 0.3 is 6.18 Å². The standard InChI is InChI=1S/C34H31ClF3N5O5S/c1-41-29-19-27(48-32-13-9-25(20-39-32)40-49(45,46)31-5-3-2-4-28(31)35)12-8-24(29)18-30(41)33(44)43-16-14-42(15-17-43)21-23-6-10-26(11-7-23)47-22-34(36,37)38/h2-13,18-20,40H,14-17,21-22H2,1H3. The molecule has 1 aliphatic heterocycles. The minimum absolute atomic E-state index is 0.0453. The molecule has 6 rings (SSSR count). The Morgan fingerprint density at radius 1 is 0.939 bits per heavy atom. The van der Waals surface area contributed by atoms with Crippen molar-refractivity contribution in [2.45, 2.75) is 17.6 Å². The van der Waals surface area contributed by atoms with E-state index >= 15 is 0 Å². The number of carbonyl (C=O) groups excluding carboxylic acids is 1. The number of benzene rings is 3. The monoisotopic (exact) mass is 713 g/mol. The molecule has 1 amide bonds. The summed E-state index contributed by atoms with van der Waals surface area (Å²) in [5.41, 5.74) is 2.49. The molecule has 0 aliphatic carbocycles. The summed E-state index contributed by atoms with van der Waals surface area (Å²) in [7, 11) is -2.09. The fraction of sp³-hybridized carbons (Fsp3) is 0.235. The zero-order chi connectivity index (χ0) is 34.8. The molecule has 5 aromatic rings. The van der Waals surface area contributed by atoms with Crippen LogP contribution in [-0.4, -0.2) is 72.6 Å². The average molecular weight is 714 g/mol. The number of anilines is 1. The van der Waals surface area contributed by atoms with Gasteiger partial charge in [0, 0.05) is 57.3 Å². The topological polar surface area (TPSA) is 106 Å². The SMILES string of the molecule is Cn1c(C(=O)N2CCN(Cc3ccc(OCC(F)(F)F)cc3)CC2)cc2ccc(Oc3ccc(NS(=O)(=O)c4ccccc4Cl)cn3)cc21. The molecule has 1 aliphatic rings.